The number of aliphatic imine (C=N–C) groups is 1. The van der Waals surface area contributed by atoms with E-state index in [4.69, 9.17) is 9.47 Å². The van der Waals surface area contributed by atoms with Crippen LogP contribution in [0.5, 0.6) is 0 Å². The molecule has 1 atom stereocenters. The molecule has 0 amide bonds. The van der Waals surface area contributed by atoms with Gasteiger partial charge in [-0.3, -0.25) is 4.99 Å². The average molecular weight is 545 g/mol. The van der Waals surface area contributed by atoms with Gasteiger partial charge in [0.05, 0.1) is 31.1 Å². The van der Waals surface area contributed by atoms with Crippen LogP contribution in [0.25, 0.3) is 0 Å². The lowest BCUT2D eigenvalue weighted by molar-refractivity contribution is -0.0721. The third-order valence-corrected chi connectivity index (χ3v) is 7.64. The van der Waals surface area contributed by atoms with Crippen LogP contribution >= 0.6 is 24.0 Å². The Kier molecular flexibility index (Phi) is 10.9. The summed E-state index contributed by atoms with van der Waals surface area (Å²) in [6.45, 7) is 7.85. The Morgan fingerprint density at radius 2 is 1.97 bits per heavy atom. The van der Waals surface area contributed by atoms with Gasteiger partial charge in [-0.2, -0.15) is 0 Å². The number of guanidine groups is 1. The topological polar surface area (TPSA) is 83.5 Å². The minimum absolute atomic E-state index is 0. The number of likely N-dealkylation sites (tertiary alicyclic amines) is 1. The maximum atomic E-state index is 11.9. The van der Waals surface area contributed by atoms with Crippen LogP contribution in [0.15, 0.2) is 4.99 Å². The summed E-state index contributed by atoms with van der Waals surface area (Å²) in [4.78, 5) is 6.94. The van der Waals surface area contributed by atoms with Crippen LogP contribution in [-0.4, -0.2) is 94.0 Å². The van der Waals surface area contributed by atoms with Gasteiger partial charge in [-0.1, -0.05) is 0 Å². The predicted molar refractivity (Wildman–Crippen MR) is 126 cm³/mol. The lowest BCUT2D eigenvalue weighted by Crippen LogP contribution is -2.47. The number of ether oxygens (including phenoxy) is 2. The van der Waals surface area contributed by atoms with Crippen molar-refractivity contribution >= 4 is 40.0 Å². The van der Waals surface area contributed by atoms with Gasteiger partial charge in [0, 0.05) is 39.3 Å². The summed E-state index contributed by atoms with van der Waals surface area (Å²) in [5, 5.41) is 3.34. The highest BCUT2D eigenvalue weighted by Crippen LogP contribution is 2.18. The van der Waals surface area contributed by atoms with Crippen LogP contribution in [0.3, 0.4) is 0 Å². The van der Waals surface area contributed by atoms with Gasteiger partial charge in [0.15, 0.2) is 5.96 Å². The quantitative estimate of drug-likeness (QED) is 0.298. The Labute approximate surface area is 192 Å². The maximum Gasteiger partial charge on any atom is 0.214 e. The highest BCUT2D eigenvalue weighted by Gasteiger charge is 2.28. The summed E-state index contributed by atoms with van der Waals surface area (Å²) in [7, 11) is -3.04. The molecule has 3 rings (SSSR count). The molecule has 8 nitrogen and oxygen atoms in total. The second kappa shape index (κ2) is 12.6. The number of hydrogen-bond acceptors (Lipinski definition) is 5. The van der Waals surface area contributed by atoms with Gasteiger partial charge in [0.2, 0.25) is 10.0 Å². The standard InChI is InChI=1S/C19H36N4O4S.HI/c1-2-20-19(21-9-13-23-10-5-15-28(23,24)25)22-11-7-17(8-12-22)27-16-18-6-3-4-14-26-18;/h17-18H,2-16H2,1H3,(H,20,21);1H. The van der Waals surface area contributed by atoms with Crippen molar-refractivity contribution in [3.63, 3.8) is 0 Å². The normalized spacial score (nSPS) is 26.3. The van der Waals surface area contributed by atoms with Crippen molar-refractivity contribution in [2.45, 2.75) is 57.7 Å². The fourth-order valence-electron chi connectivity index (χ4n) is 4.05. The molecular formula is C19H37IN4O4S. The summed E-state index contributed by atoms with van der Waals surface area (Å²) in [5.41, 5.74) is 0. The molecule has 1 N–H and O–H groups in total. The van der Waals surface area contributed by atoms with E-state index in [0.29, 0.717) is 32.3 Å². The third kappa shape index (κ3) is 7.79. The lowest BCUT2D eigenvalue weighted by Gasteiger charge is -2.35. The van der Waals surface area contributed by atoms with Gasteiger partial charge in [0.25, 0.3) is 0 Å². The van der Waals surface area contributed by atoms with E-state index in [1.807, 2.05) is 0 Å². The van der Waals surface area contributed by atoms with Gasteiger partial charge in [-0.25, -0.2) is 12.7 Å². The van der Waals surface area contributed by atoms with Crippen molar-refractivity contribution in [1.29, 1.82) is 0 Å². The first-order valence-corrected chi connectivity index (χ1v) is 12.4. The number of halogens is 1. The molecule has 3 aliphatic rings. The Morgan fingerprint density at radius 3 is 2.59 bits per heavy atom. The monoisotopic (exact) mass is 544 g/mol. The van der Waals surface area contributed by atoms with Gasteiger partial charge in [0.1, 0.15) is 0 Å². The molecule has 3 heterocycles. The van der Waals surface area contributed by atoms with Crippen LogP contribution < -0.4 is 5.32 Å². The number of nitrogens with one attached hydrogen (secondary N) is 1. The number of hydrogen-bond donors (Lipinski definition) is 1. The Morgan fingerprint density at radius 1 is 1.17 bits per heavy atom. The number of sulfonamides is 1. The first-order valence-electron chi connectivity index (χ1n) is 10.8. The van der Waals surface area contributed by atoms with E-state index >= 15 is 0 Å². The molecule has 3 aliphatic heterocycles. The van der Waals surface area contributed by atoms with Crippen molar-refractivity contribution in [2.75, 3.05) is 58.2 Å². The molecule has 0 aliphatic carbocycles. The first kappa shape index (κ1) is 25.1. The molecule has 29 heavy (non-hydrogen) atoms. The van der Waals surface area contributed by atoms with E-state index < -0.39 is 10.0 Å². The van der Waals surface area contributed by atoms with Crippen LogP contribution in [0.1, 0.15) is 45.4 Å². The van der Waals surface area contributed by atoms with Crippen molar-refractivity contribution < 1.29 is 17.9 Å². The Balaban J connectivity index is 0.00000300. The first-order chi connectivity index (χ1) is 13.6. The van der Waals surface area contributed by atoms with Gasteiger partial charge >= 0.3 is 0 Å². The Bertz CT molecular complexity index is 605. The molecule has 10 heteroatoms. The molecule has 0 radical (unpaired) electrons. The fraction of sp³-hybridized carbons (Fsp3) is 0.947. The van der Waals surface area contributed by atoms with Crippen LogP contribution in [0, 0.1) is 0 Å². The van der Waals surface area contributed by atoms with Crippen molar-refractivity contribution in [1.82, 2.24) is 14.5 Å². The predicted octanol–water partition coefficient (Wildman–Crippen LogP) is 1.66. The summed E-state index contributed by atoms with van der Waals surface area (Å²) in [6.07, 6.45) is 6.79. The average Bonchev–Trinajstić information content (AvgIpc) is 3.05. The molecule has 0 aromatic carbocycles. The summed E-state index contributed by atoms with van der Waals surface area (Å²) >= 11 is 0. The van der Waals surface area contributed by atoms with E-state index in [9.17, 15) is 8.42 Å². The highest BCUT2D eigenvalue weighted by atomic mass is 127. The zero-order valence-electron chi connectivity index (χ0n) is 17.6. The summed E-state index contributed by atoms with van der Waals surface area (Å²) in [6, 6.07) is 0. The van der Waals surface area contributed by atoms with E-state index in [1.54, 1.807) is 4.31 Å². The summed E-state index contributed by atoms with van der Waals surface area (Å²) in [5.74, 6) is 1.16. The SMILES string of the molecule is CCNC(=NCCN1CCCS1(=O)=O)N1CCC(OCC2CCCCO2)CC1.I. The number of piperidine rings is 1. The fourth-order valence-corrected chi connectivity index (χ4v) is 5.57. The molecule has 0 aromatic heterocycles. The minimum atomic E-state index is -3.04. The highest BCUT2D eigenvalue weighted by molar-refractivity contribution is 14.0. The molecule has 3 saturated heterocycles. The smallest absolute Gasteiger partial charge is 0.214 e. The van der Waals surface area contributed by atoms with E-state index in [0.717, 1.165) is 57.9 Å². The van der Waals surface area contributed by atoms with Gasteiger partial charge < -0.3 is 19.7 Å². The number of nitrogens with zero attached hydrogens (tertiary/aromatic N) is 3. The number of rotatable bonds is 7. The zero-order chi connectivity index (χ0) is 19.8. The van der Waals surface area contributed by atoms with Crippen LogP contribution in [0.2, 0.25) is 0 Å². The second-order valence-electron chi connectivity index (χ2n) is 7.81. The lowest BCUT2D eigenvalue weighted by atomic mass is 10.1. The van der Waals surface area contributed by atoms with Crippen molar-refractivity contribution in [3.05, 3.63) is 0 Å². The maximum absolute atomic E-state index is 11.9. The second-order valence-corrected chi connectivity index (χ2v) is 9.90. The van der Waals surface area contributed by atoms with Gasteiger partial charge in [-0.05, 0) is 45.4 Å². The van der Waals surface area contributed by atoms with E-state index in [1.165, 1.54) is 12.8 Å². The van der Waals surface area contributed by atoms with Gasteiger partial charge in [-0.15, -0.1) is 24.0 Å². The molecule has 3 fully saturated rings. The van der Waals surface area contributed by atoms with E-state index in [2.05, 4.69) is 22.1 Å². The molecular weight excluding hydrogens is 507 g/mol. The molecule has 0 bridgehead atoms. The zero-order valence-corrected chi connectivity index (χ0v) is 20.7. The molecule has 0 spiro atoms. The Hall–Kier alpha value is -0.170. The van der Waals surface area contributed by atoms with Crippen molar-refractivity contribution in [3.8, 4) is 0 Å². The summed E-state index contributed by atoms with van der Waals surface area (Å²) < 4.78 is 37.2. The third-order valence-electron chi connectivity index (χ3n) is 5.68. The minimum Gasteiger partial charge on any atom is -0.376 e. The van der Waals surface area contributed by atoms with Crippen LogP contribution in [0.4, 0.5) is 0 Å². The van der Waals surface area contributed by atoms with Crippen LogP contribution in [-0.2, 0) is 19.5 Å². The largest absolute Gasteiger partial charge is 0.376 e. The molecule has 0 aromatic rings. The molecule has 170 valence electrons. The van der Waals surface area contributed by atoms with Crippen molar-refractivity contribution in [2.24, 2.45) is 4.99 Å². The molecule has 0 saturated carbocycles. The van der Waals surface area contributed by atoms with E-state index in [-0.39, 0.29) is 35.8 Å². The molecule has 1 unspecified atom stereocenters.